The van der Waals surface area contributed by atoms with Gasteiger partial charge >= 0.3 is 13.7 Å². The highest BCUT2D eigenvalue weighted by Gasteiger charge is 2.41. The van der Waals surface area contributed by atoms with Crippen LogP contribution in [0.25, 0.3) is 0 Å². The highest BCUT2D eigenvalue weighted by Crippen LogP contribution is 2.53. The molecule has 0 bridgehead atoms. The van der Waals surface area contributed by atoms with Crippen molar-refractivity contribution in [1.82, 2.24) is 25.6 Å². The Balaban J connectivity index is 1.01. The van der Waals surface area contributed by atoms with E-state index in [-0.39, 0.29) is 36.4 Å². The number of nitrogens with zero attached hydrogens (tertiary/aromatic N) is 3. The first-order chi connectivity index (χ1) is 29.6. The Bertz CT molecular complexity index is 2090. The minimum absolute atomic E-state index is 0.0441. The SMILES string of the molecule is N=C(N)Nc1ccc(CC(NC(=O)OCCCc2cn(CCOCCOCCOCCNC(=O)c3ccc(F)cc3)nn2)P(=O)(Oc2ccccc2)Oc2ccccc2)cc1. The second-order valence-corrected chi connectivity index (χ2v) is 15.3. The number of benzene rings is 4. The van der Waals surface area contributed by atoms with Crippen LogP contribution in [0.15, 0.2) is 115 Å². The number of alkyl carbamates (subject to hydrolysis) is 1. The number of aryl methyl sites for hydroxylation is 1. The fourth-order valence-corrected chi connectivity index (χ4v) is 7.37. The smallest absolute Gasteiger partial charge is 0.450 e. The predicted molar refractivity (Wildman–Crippen MR) is 225 cm³/mol. The van der Waals surface area contributed by atoms with E-state index in [0.29, 0.717) is 88.1 Å². The summed E-state index contributed by atoms with van der Waals surface area (Å²) >= 11 is 0. The molecule has 5 rings (SSSR count). The van der Waals surface area contributed by atoms with Gasteiger partial charge in [-0.25, -0.2) is 18.4 Å². The maximum atomic E-state index is 14.7. The molecular weight excluding hydrogens is 810 g/mol. The topological polar surface area (TPSA) is 223 Å². The summed E-state index contributed by atoms with van der Waals surface area (Å²) in [7, 11) is -4.19. The van der Waals surface area contributed by atoms with Crippen LogP contribution in [-0.2, 0) is 42.9 Å². The van der Waals surface area contributed by atoms with Crippen LogP contribution >= 0.6 is 7.60 Å². The monoisotopic (exact) mass is 860 g/mol. The van der Waals surface area contributed by atoms with E-state index in [4.69, 9.17) is 39.1 Å². The number of aromatic nitrogens is 3. The molecule has 2 amide bonds. The van der Waals surface area contributed by atoms with E-state index in [1.54, 1.807) is 95.8 Å². The highest BCUT2D eigenvalue weighted by atomic mass is 31.2. The zero-order chi connectivity index (χ0) is 43.1. The molecule has 0 aliphatic carbocycles. The molecule has 0 saturated heterocycles. The lowest BCUT2D eigenvalue weighted by Gasteiger charge is -2.28. The van der Waals surface area contributed by atoms with Gasteiger partial charge in [0.1, 0.15) is 17.3 Å². The van der Waals surface area contributed by atoms with E-state index >= 15 is 0 Å². The Labute approximate surface area is 353 Å². The van der Waals surface area contributed by atoms with Gasteiger partial charge in [0.2, 0.25) is 0 Å². The Morgan fingerprint density at radius 1 is 0.787 bits per heavy atom. The second-order valence-electron chi connectivity index (χ2n) is 13.3. The molecule has 5 aromatic rings. The first-order valence-corrected chi connectivity index (χ1v) is 21.1. The van der Waals surface area contributed by atoms with E-state index in [2.05, 4.69) is 26.3 Å². The molecule has 1 atom stereocenters. The molecule has 19 heteroatoms. The predicted octanol–water partition coefficient (Wildman–Crippen LogP) is 5.78. The molecule has 0 aliphatic rings. The Kier molecular flexibility index (Phi) is 18.5. The highest BCUT2D eigenvalue weighted by molar-refractivity contribution is 7.55. The van der Waals surface area contributed by atoms with Crippen LogP contribution in [-0.4, -0.2) is 91.5 Å². The number of hydrogen-bond donors (Lipinski definition) is 5. The van der Waals surface area contributed by atoms with Crippen LogP contribution in [0, 0.1) is 11.2 Å². The molecule has 0 fully saturated rings. The summed E-state index contributed by atoms with van der Waals surface area (Å²) in [6.45, 7) is 3.05. The maximum Gasteiger partial charge on any atom is 0.453 e. The molecular formula is C42H50FN8O9P. The average Bonchev–Trinajstić information content (AvgIpc) is 3.71. The van der Waals surface area contributed by atoms with Crippen molar-refractivity contribution in [3.8, 4) is 11.5 Å². The fraction of sp³-hybridized carbons (Fsp3) is 0.310. The maximum absolute atomic E-state index is 14.7. The van der Waals surface area contributed by atoms with Crippen LogP contribution in [0.2, 0.25) is 0 Å². The number of carbonyl (C=O) groups excluding carboxylic acids is 2. The van der Waals surface area contributed by atoms with Crippen molar-refractivity contribution in [2.75, 3.05) is 58.1 Å². The average molecular weight is 861 g/mol. The minimum Gasteiger partial charge on any atom is -0.450 e. The first kappa shape index (κ1) is 45.7. The van der Waals surface area contributed by atoms with E-state index in [1.807, 2.05) is 0 Å². The van der Waals surface area contributed by atoms with Gasteiger partial charge in [0.15, 0.2) is 11.7 Å². The molecule has 0 radical (unpaired) electrons. The molecule has 17 nitrogen and oxygen atoms in total. The third kappa shape index (κ3) is 16.7. The van der Waals surface area contributed by atoms with Crippen molar-refractivity contribution in [3.63, 3.8) is 0 Å². The van der Waals surface area contributed by atoms with Gasteiger partial charge in [-0.1, -0.05) is 53.7 Å². The molecule has 324 valence electrons. The van der Waals surface area contributed by atoms with Gasteiger partial charge in [-0.3, -0.25) is 10.2 Å². The van der Waals surface area contributed by atoms with E-state index < -0.39 is 25.3 Å². The van der Waals surface area contributed by atoms with Gasteiger partial charge in [0, 0.05) is 30.4 Å². The number of amides is 2. The number of hydrogen-bond acceptors (Lipinski definition) is 12. The van der Waals surface area contributed by atoms with Gasteiger partial charge in [0.25, 0.3) is 5.91 Å². The Morgan fingerprint density at radius 3 is 2.02 bits per heavy atom. The minimum atomic E-state index is -4.19. The Morgan fingerprint density at radius 2 is 1.39 bits per heavy atom. The van der Waals surface area contributed by atoms with Crippen LogP contribution in [0.1, 0.15) is 28.0 Å². The molecule has 1 heterocycles. The summed E-state index contributed by atoms with van der Waals surface area (Å²) in [6, 6.07) is 29.3. The van der Waals surface area contributed by atoms with Gasteiger partial charge in [-0.05, 0) is 79.1 Å². The quantitative estimate of drug-likeness (QED) is 0.0193. The molecule has 6 N–H and O–H groups in total. The van der Waals surface area contributed by atoms with Crippen LogP contribution < -0.4 is 30.7 Å². The number of halogens is 1. The van der Waals surface area contributed by atoms with Crippen molar-refractivity contribution >= 4 is 31.2 Å². The molecule has 0 spiro atoms. The summed E-state index contributed by atoms with van der Waals surface area (Å²) in [5.74, 6) is -1.51. The summed E-state index contributed by atoms with van der Waals surface area (Å²) < 4.78 is 63.6. The lowest BCUT2D eigenvalue weighted by molar-refractivity contribution is 0.0133. The molecule has 1 unspecified atom stereocenters. The van der Waals surface area contributed by atoms with Crippen molar-refractivity contribution < 1.29 is 46.5 Å². The molecule has 0 aliphatic heterocycles. The van der Waals surface area contributed by atoms with Crippen LogP contribution in [0.4, 0.5) is 14.9 Å². The summed E-state index contributed by atoms with van der Waals surface area (Å²) in [6.07, 6.45) is 1.97. The van der Waals surface area contributed by atoms with Gasteiger partial charge in [0.05, 0.1) is 58.5 Å². The number of para-hydroxylation sites is 2. The molecule has 1 aromatic heterocycles. The third-order valence-electron chi connectivity index (χ3n) is 8.52. The van der Waals surface area contributed by atoms with Crippen molar-refractivity contribution in [3.05, 3.63) is 138 Å². The van der Waals surface area contributed by atoms with E-state index in [0.717, 1.165) is 0 Å². The number of nitrogens with two attached hydrogens (primary N) is 1. The number of guanidine groups is 1. The lowest BCUT2D eigenvalue weighted by atomic mass is 10.1. The number of anilines is 1. The summed E-state index contributed by atoms with van der Waals surface area (Å²) in [5.41, 5.74) is 7.83. The third-order valence-corrected chi connectivity index (χ3v) is 10.5. The summed E-state index contributed by atoms with van der Waals surface area (Å²) in [5, 5.41) is 24.0. The molecule has 4 aromatic carbocycles. The normalized spacial score (nSPS) is 11.6. The van der Waals surface area contributed by atoms with Crippen LogP contribution in [0.5, 0.6) is 11.5 Å². The standard InChI is InChI=1S/C42H50FN8O9P/c43-34-17-15-33(16-18-34)40(52)46-21-24-55-26-28-57-29-27-56-25-22-51-31-36(49-50-51)8-7-23-58-42(53)48-39(30-32-13-19-35(20-14-32)47-41(44)45)61(54,59-37-9-3-1-4-10-37)60-38-11-5-2-6-12-38/h1-6,9-20,31,39H,7-8,21-30H2,(H,46,52)(H,48,53)(H4,44,45,47). The second kappa shape index (κ2) is 24.7. The summed E-state index contributed by atoms with van der Waals surface area (Å²) in [4.78, 5) is 25.2. The van der Waals surface area contributed by atoms with E-state index in [9.17, 15) is 18.5 Å². The molecule has 0 saturated carbocycles. The van der Waals surface area contributed by atoms with Crippen molar-refractivity contribution in [1.29, 1.82) is 5.41 Å². The van der Waals surface area contributed by atoms with Crippen LogP contribution in [0.3, 0.4) is 0 Å². The Hall–Kier alpha value is -6.33. The number of carbonyl (C=O) groups is 2. The molecule has 61 heavy (non-hydrogen) atoms. The van der Waals surface area contributed by atoms with Gasteiger partial charge in [-0.15, -0.1) is 5.10 Å². The van der Waals surface area contributed by atoms with Gasteiger partial charge in [-0.2, -0.15) is 0 Å². The van der Waals surface area contributed by atoms with Crippen molar-refractivity contribution in [2.24, 2.45) is 5.73 Å². The largest absolute Gasteiger partial charge is 0.453 e. The lowest BCUT2D eigenvalue weighted by Crippen LogP contribution is -2.39. The number of rotatable bonds is 26. The fourth-order valence-electron chi connectivity index (χ4n) is 5.55. The van der Waals surface area contributed by atoms with Gasteiger partial charge < -0.3 is 49.7 Å². The van der Waals surface area contributed by atoms with E-state index in [1.165, 1.54) is 24.3 Å². The first-order valence-electron chi connectivity index (χ1n) is 19.5. The number of nitrogens with one attached hydrogen (secondary N) is 4. The zero-order valence-corrected chi connectivity index (χ0v) is 34.3. The van der Waals surface area contributed by atoms with Crippen molar-refractivity contribution in [2.45, 2.75) is 31.6 Å². The number of ether oxygens (including phenoxy) is 4. The zero-order valence-electron chi connectivity index (χ0n) is 33.5.